The first kappa shape index (κ1) is 14.9. The van der Waals surface area contributed by atoms with Crippen molar-refractivity contribution in [1.29, 1.82) is 0 Å². The Morgan fingerprint density at radius 2 is 2.30 bits per heavy atom. The fraction of sp³-hybridized carbons (Fsp3) is 0.562. The number of anilines is 1. The zero-order chi connectivity index (χ0) is 14.5. The van der Waals surface area contributed by atoms with Gasteiger partial charge in [0.05, 0.1) is 12.0 Å². The van der Waals surface area contributed by atoms with E-state index in [0.29, 0.717) is 5.92 Å². The quantitative estimate of drug-likeness (QED) is 0.869. The molecule has 1 aliphatic rings. The third-order valence-corrected chi connectivity index (χ3v) is 3.87. The van der Waals surface area contributed by atoms with E-state index in [1.54, 1.807) is 0 Å². The first-order chi connectivity index (χ1) is 9.60. The molecule has 1 aromatic carbocycles. The molecule has 1 fully saturated rings. The molecule has 0 bridgehead atoms. The Hall–Kier alpha value is -1.55. The summed E-state index contributed by atoms with van der Waals surface area (Å²) in [5.41, 5.74) is 0.801. The molecular weight excluding hydrogens is 252 g/mol. The van der Waals surface area contributed by atoms with Crippen LogP contribution in [0.15, 0.2) is 24.3 Å². The summed E-state index contributed by atoms with van der Waals surface area (Å²) in [5, 5.41) is 6.24. The summed E-state index contributed by atoms with van der Waals surface area (Å²) in [6.07, 6.45) is 1.14. The first-order valence-electron chi connectivity index (χ1n) is 7.38. The molecule has 2 N–H and O–H groups in total. The molecule has 3 unspecified atom stereocenters. The van der Waals surface area contributed by atoms with Crippen LogP contribution in [0.25, 0.3) is 0 Å². The summed E-state index contributed by atoms with van der Waals surface area (Å²) < 4.78 is 5.77. The van der Waals surface area contributed by atoms with Gasteiger partial charge in [0.25, 0.3) is 0 Å². The van der Waals surface area contributed by atoms with E-state index in [2.05, 4.69) is 24.5 Å². The highest BCUT2D eigenvalue weighted by molar-refractivity contribution is 5.93. The Labute approximate surface area is 120 Å². The summed E-state index contributed by atoms with van der Waals surface area (Å²) >= 11 is 0. The third kappa shape index (κ3) is 3.73. The maximum absolute atomic E-state index is 12.2. The van der Waals surface area contributed by atoms with Crippen molar-refractivity contribution in [3.05, 3.63) is 24.3 Å². The molecule has 0 radical (unpaired) electrons. The normalized spacial score (nSPS) is 23.4. The van der Waals surface area contributed by atoms with Gasteiger partial charge < -0.3 is 15.4 Å². The minimum Gasteiger partial charge on any atom is -0.491 e. The number of ether oxygens (including phenoxy) is 1. The fourth-order valence-corrected chi connectivity index (χ4v) is 2.36. The van der Waals surface area contributed by atoms with E-state index in [1.807, 2.05) is 31.2 Å². The molecule has 110 valence electrons. The van der Waals surface area contributed by atoms with Crippen LogP contribution in [0.2, 0.25) is 0 Å². The molecule has 0 aliphatic carbocycles. The standard InChI is InChI=1S/C16H24N2O2/c1-4-12(3)20-14-7-5-6-13(8-14)18-16(19)15-10-17-9-11(15)2/h5-8,11-12,15,17H,4,9-10H2,1-3H3,(H,18,19). The zero-order valence-corrected chi connectivity index (χ0v) is 12.5. The number of carbonyl (C=O) groups is 1. The Morgan fingerprint density at radius 1 is 1.50 bits per heavy atom. The third-order valence-electron chi connectivity index (χ3n) is 3.87. The van der Waals surface area contributed by atoms with Gasteiger partial charge in [-0.25, -0.2) is 0 Å². The second kappa shape index (κ2) is 6.75. The van der Waals surface area contributed by atoms with Crippen molar-refractivity contribution >= 4 is 11.6 Å². The van der Waals surface area contributed by atoms with Gasteiger partial charge in [-0.2, -0.15) is 0 Å². The topological polar surface area (TPSA) is 50.4 Å². The number of benzene rings is 1. The molecule has 0 aromatic heterocycles. The molecule has 2 rings (SSSR count). The van der Waals surface area contributed by atoms with Crippen molar-refractivity contribution in [1.82, 2.24) is 5.32 Å². The van der Waals surface area contributed by atoms with Crippen LogP contribution < -0.4 is 15.4 Å². The van der Waals surface area contributed by atoms with Crippen molar-refractivity contribution < 1.29 is 9.53 Å². The second-order valence-corrected chi connectivity index (χ2v) is 5.60. The van der Waals surface area contributed by atoms with Gasteiger partial charge in [-0.05, 0) is 37.9 Å². The molecule has 4 nitrogen and oxygen atoms in total. The minimum atomic E-state index is 0.0501. The van der Waals surface area contributed by atoms with Crippen LogP contribution >= 0.6 is 0 Å². The van der Waals surface area contributed by atoms with E-state index in [0.717, 1.165) is 30.9 Å². The zero-order valence-electron chi connectivity index (χ0n) is 12.5. The van der Waals surface area contributed by atoms with E-state index in [9.17, 15) is 4.79 Å². The average Bonchev–Trinajstić information content (AvgIpc) is 2.85. The Balaban J connectivity index is 1.98. The van der Waals surface area contributed by atoms with Crippen LogP contribution in [-0.4, -0.2) is 25.1 Å². The summed E-state index contributed by atoms with van der Waals surface area (Å²) in [4.78, 5) is 12.2. The lowest BCUT2D eigenvalue weighted by molar-refractivity contribution is -0.120. The predicted octanol–water partition coefficient (Wildman–Crippen LogP) is 2.66. The van der Waals surface area contributed by atoms with E-state index < -0.39 is 0 Å². The lowest BCUT2D eigenvalue weighted by Gasteiger charge is -2.16. The predicted molar refractivity (Wildman–Crippen MR) is 81.0 cm³/mol. The molecule has 1 heterocycles. The molecular formula is C16H24N2O2. The maximum atomic E-state index is 12.2. The second-order valence-electron chi connectivity index (χ2n) is 5.60. The average molecular weight is 276 g/mol. The van der Waals surface area contributed by atoms with E-state index >= 15 is 0 Å². The monoisotopic (exact) mass is 276 g/mol. The minimum absolute atomic E-state index is 0.0501. The van der Waals surface area contributed by atoms with Gasteiger partial charge in [0.1, 0.15) is 5.75 Å². The fourth-order valence-electron chi connectivity index (χ4n) is 2.36. The lowest BCUT2D eigenvalue weighted by atomic mass is 9.97. The van der Waals surface area contributed by atoms with Gasteiger partial charge in [0.15, 0.2) is 0 Å². The van der Waals surface area contributed by atoms with Crippen molar-refractivity contribution in [3.8, 4) is 5.75 Å². The van der Waals surface area contributed by atoms with Crippen LogP contribution in [0.1, 0.15) is 27.2 Å². The van der Waals surface area contributed by atoms with Crippen molar-refractivity contribution in [2.24, 2.45) is 11.8 Å². The van der Waals surface area contributed by atoms with Crippen LogP contribution in [0.3, 0.4) is 0 Å². The summed E-state index contributed by atoms with van der Waals surface area (Å²) in [6, 6.07) is 7.61. The van der Waals surface area contributed by atoms with Gasteiger partial charge in [-0.3, -0.25) is 4.79 Å². The highest BCUT2D eigenvalue weighted by atomic mass is 16.5. The lowest BCUT2D eigenvalue weighted by Crippen LogP contribution is -2.27. The SMILES string of the molecule is CCC(C)Oc1cccc(NC(=O)C2CNCC2C)c1. The molecule has 1 aliphatic heterocycles. The summed E-state index contributed by atoms with van der Waals surface area (Å²) in [5.74, 6) is 1.32. The Morgan fingerprint density at radius 3 is 2.95 bits per heavy atom. The van der Waals surface area contributed by atoms with Crippen LogP contribution in [-0.2, 0) is 4.79 Å². The van der Waals surface area contributed by atoms with Crippen molar-refractivity contribution in [2.75, 3.05) is 18.4 Å². The van der Waals surface area contributed by atoms with Gasteiger partial charge in [0, 0.05) is 18.3 Å². The van der Waals surface area contributed by atoms with Gasteiger partial charge in [0.2, 0.25) is 5.91 Å². The molecule has 1 aromatic rings. The Kier molecular flexibility index (Phi) is 5.01. The van der Waals surface area contributed by atoms with E-state index in [1.165, 1.54) is 0 Å². The maximum Gasteiger partial charge on any atom is 0.229 e. The summed E-state index contributed by atoms with van der Waals surface area (Å²) in [6.45, 7) is 7.90. The van der Waals surface area contributed by atoms with Crippen LogP contribution in [0.5, 0.6) is 5.75 Å². The highest BCUT2D eigenvalue weighted by Crippen LogP contribution is 2.22. The number of rotatable bonds is 5. The molecule has 4 heteroatoms. The number of amides is 1. The van der Waals surface area contributed by atoms with Crippen LogP contribution in [0.4, 0.5) is 5.69 Å². The molecule has 3 atom stereocenters. The smallest absolute Gasteiger partial charge is 0.229 e. The highest BCUT2D eigenvalue weighted by Gasteiger charge is 2.29. The first-order valence-corrected chi connectivity index (χ1v) is 7.38. The molecule has 1 saturated heterocycles. The van der Waals surface area contributed by atoms with Crippen LogP contribution in [0, 0.1) is 11.8 Å². The summed E-state index contributed by atoms with van der Waals surface area (Å²) in [7, 11) is 0. The van der Waals surface area contributed by atoms with E-state index in [4.69, 9.17) is 4.74 Å². The largest absolute Gasteiger partial charge is 0.491 e. The van der Waals surface area contributed by atoms with Gasteiger partial charge >= 0.3 is 0 Å². The van der Waals surface area contributed by atoms with Gasteiger partial charge in [-0.1, -0.05) is 19.9 Å². The number of nitrogens with one attached hydrogen (secondary N) is 2. The van der Waals surface area contributed by atoms with E-state index in [-0.39, 0.29) is 17.9 Å². The molecule has 1 amide bonds. The number of hydrogen-bond donors (Lipinski definition) is 2. The number of hydrogen-bond acceptors (Lipinski definition) is 3. The van der Waals surface area contributed by atoms with Crippen molar-refractivity contribution in [3.63, 3.8) is 0 Å². The van der Waals surface area contributed by atoms with Crippen molar-refractivity contribution in [2.45, 2.75) is 33.3 Å². The molecule has 0 spiro atoms. The Bertz CT molecular complexity index is 462. The molecule has 20 heavy (non-hydrogen) atoms. The number of carbonyl (C=O) groups excluding carboxylic acids is 1. The van der Waals surface area contributed by atoms with Gasteiger partial charge in [-0.15, -0.1) is 0 Å². The molecule has 0 saturated carbocycles.